The number of likely N-dealkylation sites (N-methyl/N-ethyl adjacent to an activating group) is 1. The highest BCUT2D eigenvalue weighted by Gasteiger charge is 2.34. The van der Waals surface area contributed by atoms with E-state index in [0.29, 0.717) is 10.8 Å². The van der Waals surface area contributed by atoms with E-state index in [0.717, 1.165) is 0 Å². The van der Waals surface area contributed by atoms with Gasteiger partial charge in [-0.15, -0.1) is 0 Å². The van der Waals surface area contributed by atoms with Crippen LogP contribution in [0.2, 0.25) is 0 Å². The fourth-order valence-corrected chi connectivity index (χ4v) is 2.35. The number of aldehydes is 1. The summed E-state index contributed by atoms with van der Waals surface area (Å²) in [6.07, 6.45) is 2.21. The van der Waals surface area contributed by atoms with Crippen LogP contribution in [-0.2, 0) is 19.2 Å². The Morgan fingerprint density at radius 1 is 1.45 bits per heavy atom. The number of rotatable bonds is 5. The van der Waals surface area contributed by atoms with E-state index in [1.807, 2.05) is 0 Å². The number of nitrogens with one attached hydrogen (secondary N) is 1. The summed E-state index contributed by atoms with van der Waals surface area (Å²) in [4.78, 5) is 47.5. The number of amides is 3. The van der Waals surface area contributed by atoms with Crippen LogP contribution in [0.15, 0.2) is 34.9 Å². The van der Waals surface area contributed by atoms with Crippen molar-refractivity contribution < 1.29 is 19.2 Å². The van der Waals surface area contributed by atoms with Gasteiger partial charge in [0.2, 0.25) is 11.8 Å². The van der Waals surface area contributed by atoms with Gasteiger partial charge in [0.15, 0.2) is 0 Å². The smallest absolute Gasteiger partial charge is 0.256 e. The van der Waals surface area contributed by atoms with Gasteiger partial charge in [-0.2, -0.15) is 0 Å². The lowest BCUT2D eigenvalue weighted by Gasteiger charge is -2.30. The van der Waals surface area contributed by atoms with Crippen LogP contribution in [0.25, 0.3) is 0 Å². The topological polar surface area (TPSA) is 83.6 Å². The van der Waals surface area contributed by atoms with Crippen molar-refractivity contribution in [3.05, 3.63) is 34.9 Å². The summed E-state index contributed by atoms with van der Waals surface area (Å²) in [6, 6.07) is -0.769. The summed E-state index contributed by atoms with van der Waals surface area (Å²) in [7, 11) is 1.43. The van der Waals surface area contributed by atoms with Gasteiger partial charge in [-0.05, 0) is 22.4 Å². The van der Waals surface area contributed by atoms with Gasteiger partial charge in [0, 0.05) is 31.9 Å². The van der Waals surface area contributed by atoms with Gasteiger partial charge < -0.3 is 4.90 Å². The predicted molar refractivity (Wildman–Crippen MR) is 87.4 cm³/mol. The molecule has 1 heterocycles. The molecule has 1 saturated heterocycles. The molecule has 6 nitrogen and oxygen atoms in total. The average molecular weight is 367 g/mol. The van der Waals surface area contributed by atoms with Crippen molar-refractivity contribution in [2.75, 3.05) is 7.05 Å². The van der Waals surface area contributed by atoms with Crippen LogP contribution in [0.4, 0.5) is 0 Å². The second kappa shape index (κ2) is 8.48. The Hall–Kier alpha value is -1.96. The molecule has 22 heavy (non-hydrogen) atoms. The van der Waals surface area contributed by atoms with E-state index in [4.69, 9.17) is 0 Å². The average Bonchev–Trinajstić information content (AvgIpc) is 2.46. The van der Waals surface area contributed by atoms with Crippen LogP contribution >= 0.6 is 15.9 Å². The standard InChI is InChI=1S/C14H15BrN2O4.BH/c1-4-9(15)12(8(2)7-18)14(21)17(3)10-5-6-11(19)16-13(10)20;/h4,7,10H,1-2,5-6H2,3H3,(H,16,19,20);1H/b12-9-;. The Morgan fingerprint density at radius 2 is 2.05 bits per heavy atom. The Bertz CT molecular complexity index is 571. The van der Waals surface area contributed by atoms with Crippen molar-refractivity contribution in [2.45, 2.75) is 18.9 Å². The number of nitrogens with zero attached hydrogens (tertiary/aromatic N) is 1. The normalized spacial score (nSPS) is 18.4. The molecule has 0 aromatic carbocycles. The van der Waals surface area contributed by atoms with Crippen molar-refractivity contribution >= 4 is 48.4 Å². The van der Waals surface area contributed by atoms with Crippen molar-refractivity contribution in [2.24, 2.45) is 0 Å². The van der Waals surface area contributed by atoms with Gasteiger partial charge in [-0.25, -0.2) is 0 Å². The maximum Gasteiger partial charge on any atom is 0.256 e. The molecule has 1 aliphatic heterocycles. The molecule has 0 aromatic rings. The van der Waals surface area contributed by atoms with E-state index in [1.165, 1.54) is 18.0 Å². The monoisotopic (exact) mass is 366 g/mol. The van der Waals surface area contributed by atoms with Gasteiger partial charge in [-0.3, -0.25) is 24.5 Å². The van der Waals surface area contributed by atoms with Crippen LogP contribution in [-0.4, -0.2) is 50.4 Å². The summed E-state index contributed by atoms with van der Waals surface area (Å²) in [6.45, 7) is 7.04. The molecule has 3 amide bonds. The van der Waals surface area contributed by atoms with E-state index < -0.39 is 17.9 Å². The Balaban J connectivity index is 0.00000441. The second-order valence-electron chi connectivity index (χ2n) is 4.45. The molecule has 0 spiro atoms. The predicted octanol–water partition coefficient (Wildman–Crippen LogP) is 0.192. The van der Waals surface area contributed by atoms with Crippen molar-refractivity contribution in [1.29, 1.82) is 0 Å². The maximum absolute atomic E-state index is 12.5. The zero-order valence-corrected chi connectivity index (χ0v) is 13.8. The number of carbonyl (C=O) groups is 4. The highest BCUT2D eigenvalue weighted by atomic mass is 79.9. The third-order valence-corrected chi connectivity index (χ3v) is 3.81. The van der Waals surface area contributed by atoms with Crippen LogP contribution in [0.3, 0.4) is 0 Å². The number of piperidine rings is 1. The van der Waals surface area contributed by atoms with Gasteiger partial charge in [-0.1, -0.05) is 19.2 Å². The first-order valence-electron chi connectivity index (χ1n) is 6.11. The third kappa shape index (κ3) is 4.27. The second-order valence-corrected chi connectivity index (χ2v) is 5.31. The van der Waals surface area contributed by atoms with E-state index in [-0.39, 0.29) is 38.3 Å². The minimum atomic E-state index is -0.769. The van der Waals surface area contributed by atoms with E-state index in [1.54, 1.807) is 0 Å². The zero-order chi connectivity index (χ0) is 16.2. The molecule has 0 saturated carbocycles. The SMILES string of the molecule is C=C/C(Br)=C(\C(=C)C=O)C(=O)N(C)C1CCC(=O)NC1=O.[BH]. The molecular weight excluding hydrogens is 351 g/mol. The molecule has 8 heteroatoms. The molecule has 116 valence electrons. The molecule has 0 aliphatic carbocycles. The number of carbonyl (C=O) groups excluding carboxylic acids is 4. The van der Waals surface area contributed by atoms with Gasteiger partial charge >= 0.3 is 0 Å². The van der Waals surface area contributed by atoms with Crippen molar-refractivity contribution in [3.63, 3.8) is 0 Å². The van der Waals surface area contributed by atoms with Crippen molar-refractivity contribution in [1.82, 2.24) is 10.2 Å². The van der Waals surface area contributed by atoms with Crippen LogP contribution in [0.5, 0.6) is 0 Å². The summed E-state index contributed by atoms with van der Waals surface area (Å²) >= 11 is 3.14. The summed E-state index contributed by atoms with van der Waals surface area (Å²) in [5, 5.41) is 2.18. The highest BCUT2D eigenvalue weighted by Crippen LogP contribution is 2.23. The quantitative estimate of drug-likeness (QED) is 0.247. The van der Waals surface area contributed by atoms with Gasteiger partial charge in [0.1, 0.15) is 12.3 Å². The molecule has 1 atom stereocenters. The zero-order valence-electron chi connectivity index (χ0n) is 12.2. The summed E-state index contributed by atoms with van der Waals surface area (Å²) < 4.78 is 0.309. The molecule has 1 aliphatic rings. The largest absolute Gasteiger partial charge is 0.330 e. The first kappa shape index (κ1) is 20.0. The number of allylic oxidation sites excluding steroid dienone is 2. The lowest BCUT2D eigenvalue weighted by molar-refractivity contribution is -0.142. The Kier molecular flexibility index (Phi) is 7.73. The number of hydrogen-bond donors (Lipinski definition) is 1. The molecule has 1 unspecified atom stereocenters. The third-order valence-electron chi connectivity index (χ3n) is 3.09. The van der Waals surface area contributed by atoms with Crippen LogP contribution in [0.1, 0.15) is 12.8 Å². The van der Waals surface area contributed by atoms with E-state index in [9.17, 15) is 19.2 Å². The summed E-state index contributed by atoms with van der Waals surface area (Å²) in [5.41, 5.74) is 0.0121. The number of halogens is 1. The fraction of sp³-hybridized carbons (Fsp3) is 0.286. The number of imide groups is 1. The molecule has 1 rings (SSSR count). The first-order chi connectivity index (χ1) is 9.83. The Morgan fingerprint density at radius 3 is 2.50 bits per heavy atom. The molecule has 1 fully saturated rings. The fourth-order valence-electron chi connectivity index (χ4n) is 1.92. The molecule has 0 aromatic heterocycles. The van der Waals surface area contributed by atoms with Crippen LogP contribution < -0.4 is 5.32 Å². The molecule has 0 bridgehead atoms. The molecule has 2 radical (unpaired) electrons. The molecule has 1 N–H and O–H groups in total. The number of hydrogen-bond acceptors (Lipinski definition) is 4. The van der Waals surface area contributed by atoms with Gasteiger partial charge in [0.05, 0.1) is 5.57 Å². The molecular formula is C14H16BBrN2O4. The minimum absolute atomic E-state index is 0. The van der Waals surface area contributed by atoms with Gasteiger partial charge in [0.25, 0.3) is 5.91 Å². The van der Waals surface area contributed by atoms with E-state index in [2.05, 4.69) is 34.4 Å². The highest BCUT2D eigenvalue weighted by molar-refractivity contribution is 9.12. The maximum atomic E-state index is 12.5. The minimum Gasteiger partial charge on any atom is -0.330 e. The van der Waals surface area contributed by atoms with E-state index >= 15 is 0 Å². The summed E-state index contributed by atoms with van der Waals surface area (Å²) in [5.74, 6) is -1.45. The lowest BCUT2D eigenvalue weighted by Crippen LogP contribution is -2.53. The van der Waals surface area contributed by atoms with Crippen molar-refractivity contribution in [3.8, 4) is 0 Å². The lowest BCUT2D eigenvalue weighted by atomic mass is 10.0. The first-order valence-corrected chi connectivity index (χ1v) is 6.90. The van der Waals surface area contributed by atoms with Crippen LogP contribution in [0, 0.1) is 0 Å². The Labute approximate surface area is 139 Å².